The molecule has 0 aliphatic rings. The lowest BCUT2D eigenvalue weighted by atomic mass is 10.1. The molecule has 0 heterocycles. The Morgan fingerprint density at radius 2 is 1.81 bits per heavy atom. The molecule has 0 saturated heterocycles. The average Bonchev–Trinajstić information content (AvgIpc) is 2.70. The van der Waals surface area contributed by atoms with E-state index in [1.807, 2.05) is 0 Å². The van der Waals surface area contributed by atoms with E-state index in [1.54, 1.807) is 61.7 Å². The van der Waals surface area contributed by atoms with E-state index in [4.69, 9.17) is 9.47 Å². The number of carbonyl (C=O) groups is 2. The Hall–Kier alpha value is -3.12. The van der Waals surface area contributed by atoms with Gasteiger partial charge in [-0.15, -0.1) is 0 Å². The molecule has 0 aliphatic heterocycles. The van der Waals surface area contributed by atoms with Crippen LogP contribution in [-0.2, 0) is 4.74 Å². The van der Waals surface area contributed by atoms with Gasteiger partial charge in [-0.3, -0.25) is 9.59 Å². The van der Waals surface area contributed by atoms with Crippen LogP contribution in [0.2, 0.25) is 0 Å². The van der Waals surface area contributed by atoms with Crippen LogP contribution in [0.15, 0.2) is 61.2 Å². The highest BCUT2D eigenvalue weighted by atomic mass is 16.5. The van der Waals surface area contributed by atoms with Crippen LogP contribution >= 0.6 is 0 Å². The molecule has 0 bridgehead atoms. The second-order valence-corrected chi connectivity index (χ2v) is 5.73. The van der Waals surface area contributed by atoms with Crippen LogP contribution in [-0.4, -0.2) is 38.7 Å². The second kappa shape index (κ2) is 10.8. The van der Waals surface area contributed by atoms with Gasteiger partial charge in [0.05, 0.1) is 11.3 Å². The highest BCUT2D eigenvalue weighted by Crippen LogP contribution is 2.18. The quantitative estimate of drug-likeness (QED) is 0.498. The lowest BCUT2D eigenvalue weighted by Gasteiger charge is -2.12. The van der Waals surface area contributed by atoms with E-state index in [2.05, 4.69) is 17.2 Å². The molecule has 0 saturated carbocycles. The average molecular weight is 368 g/mol. The monoisotopic (exact) mass is 368 g/mol. The minimum Gasteiger partial charge on any atom is -0.490 e. The molecule has 2 amide bonds. The van der Waals surface area contributed by atoms with E-state index in [9.17, 15) is 9.59 Å². The molecule has 2 N–H and O–H groups in total. The molecule has 0 fully saturated rings. The number of amides is 2. The predicted molar refractivity (Wildman–Crippen MR) is 105 cm³/mol. The Morgan fingerprint density at radius 3 is 2.52 bits per heavy atom. The third-order valence-corrected chi connectivity index (χ3v) is 3.72. The molecule has 142 valence electrons. The van der Waals surface area contributed by atoms with Crippen molar-refractivity contribution in [3.8, 4) is 5.75 Å². The van der Waals surface area contributed by atoms with E-state index < -0.39 is 0 Å². The molecular formula is C21H24N2O4. The fraction of sp³-hybridized carbons (Fsp3) is 0.238. The molecular weight excluding hydrogens is 344 g/mol. The molecule has 0 spiro atoms. The molecule has 0 unspecified atom stereocenters. The summed E-state index contributed by atoms with van der Waals surface area (Å²) in [5.41, 5.74) is 1.34. The summed E-state index contributed by atoms with van der Waals surface area (Å²) in [6.45, 7) is 5.07. The number of ether oxygens (including phenoxy) is 2. The van der Waals surface area contributed by atoms with Gasteiger partial charge < -0.3 is 20.1 Å². The van der Waals surface area contributed by atoms with E-state index in [0.29, 0.717) is 42.3 Å². The minimum absolute atomic E-state index is 0.241. The Bertz CT molecular complexity index is 772. The number of benzene rings is 2. The summed E-state index contributed by atoms with van der Waals surface area (Å²) in [4.78, 5) is 24.9. The summed E-state index contributed by atoms with van der Waals surface area (Å²) in [7, 11) is 1.62. The molecule has 27 heavy (non-hydrogen) atoms. The number of hydrogen-bond donors (Lipinski definition) is 2. The predicted octanol–water partition coefficient (Wildman–Crippen LogP) is 3.27. The normalized spacial score (nSPS) is 10.1. The largest absolute Gasteiger partial charge is 0.490 e. The molecule has 0 radical (unpaired) electrons. The van der Waals surface area contributed by atoms with Crippen LogP contribution in [0.25, 0.3) is 0 Å². The molecule has 2 rings (SSSR count). The van der Waals surface area contributed by atoms with Crippen molar-refractivity contribution in [3.05, 3.63) is 72.3 Å². The van der Waals surface area contributed by atoms with E-state index in [-0.39, 0.29) is 11.8 Å². The molecule has 2 aromatic rings. The highest BCUT2D eigenvalue weighted by Gasteiger charge is 2.13. The van der Waals surface area contributed by atoms with Crippen LogP contribution in [0.4, 0.5) is 5.69 Å². The number of methoxy groups -OCH3 is 1. The van der Waals surface area contributed by atoms with Gasteiger partial charge in [-0.1, -0.05) is 24.8 Å². The maximum Gasteiger partial charge on any atom is 0.255 e. The zero-order chi connectivity index (χ0) is 19.5. The second-order valence-electron chi connectivity index (χ2n) is 5.73. The van der Waals surface area contributed by atoms with E-state index in [1.165, 1.54) is 0 Å². The van der Waals surface area contributed by atoms with Crippen molar-refractivity contribution in [1.29, 1.82) is 0 Å². The Labute approximate surface area is 159 Å². The number of para-hydroxylation sites is 1. The van der Waals surface area contributed by atoms with Crippen molar-refractivity contribution < 1.29 is 19.1 Å². The lowest BCUT2D eigenvalue weighted by molar-refractivity contribution is 0.0949. The SMILES string of the molecule is C=CCOc1ccc(C(=O)Nc2ccccc2C(=O)NCCCOC)cc1. The molecule has 0 atom stereocenters. The van der Waals surface area contributed by atoms with Gasteiger partial charge in [0.1, 0.15) is 12.4 Å². The smallest absolute Gasteiger partial charge is 0.255 e. The van der Waals surface area contributed by atoms with Gasteiger partial charge in [0, 0.05) is 25.8 Å². The summed E-state index contributed by atoms with van der Waals surface area (Å²) in [5.74, 6) is 0.113. The lowest BCUT2D eigenvalue weighted by Crippen LogP contribution is -2.26. The molecule has 0 aromatic heterocycles. The van der Waals surface area contributed by atoms with Crippen molar-refractivity contribution >= 4 is 17.5 Å². The summed E-state index contributed by atoms with van der Waals surface area (Å²) >= 11 is 0. The van der Waals surface area contributed by atoms with Gasteiger partial charge in [0.15, 0.2) is 0 Å². The van der Waals surface area contributed by atoms with Gasteiger partial charge in [-0.2, -0.15) is 0 Å². The first-order valence-corrected chi connectivity index (χ1v) is 8.67. The third kappa shape index (κ3) is 6.27. The van der Waals surface area contributed by atoms with Gasteiger partial charge in [0.2, 0.25) is 0 Å². The Kier molecular flexibility index (Phi) is 8.06. The zero-order valence-corrected chi connectivity index (χ0v) is 15.4. The number of nitrogens with one attached hydrogen (secondary N) is 2. The van der Waals surface area contributed by atoms with Crippen LogP contribution < -0.4 is 15.4 Å². The first kappa shape index (κ1) is 20.2. The minimum atomic E-state index is -0.301. The van der Waals surface area contributed by atoms with Crippen molar-refractivity contribution in [1.82, 2.24) is 5.32 Å². The van der Waals surface area contributed by atoms with E-state index >= 15 is 0 Å². The summed E-state index contributed by atoms with van der Waals surface area (Å²) in [6, 6.07) is 13.7. The maximum absolute atomic E-state index is 12.5. The van der Waals surface area contributed by atoms with Crippen molar-refractivity contribution in [2.45, 2.75) is 6.42 Å². The van der Waals surface area contributed by atoms with Crippen LogP contribution in [0, 0.1) is 0 Å². The zero-order valence-electron chi connectivity index (χ0n) is 15.4. The summed E-state index contributed by atoms with van der Waals surface area (Å²) in [6.07, 6.45) is 2.37. The van der Waals surface area contributed by atoms with Crippen LogP contribution in [0.5, 0.6) is 5.75 Å². The van der Waals surface area contributed by atoms with Crippen molar-refractivity contribution in [3.63, 3.8) is 0 Å². The fourth-order valence-electron chi connectivity index (χ4n) is 2.36. The maximum atomic E-state index is 12.5. The highest BCUT2D eigenvalue weighted by molar-refractivity contribution is 6.09. The number of hydrogen-bond acceptors (Lipinski definition) is 4. The van der Waals surface area contributed by atoms with Crippen LogP contribution in [0.3, 0.4) is 0 Å². The fourth-order valence-corrected chi connectivity index (χ4v) is 2.36. The first-order valence-electron chi connectivity index (χ1n) is 8.67. The third-order valence-electron chi connectivity index (χ3n) is 3.72. The van der Waals surface area contributed by atoms with Gasteiger partial charge >= 0.3 is 0 Å². The number of anilines is 1. The topological polar surface area (TPSA) is 76.7 Å². The van der Waals surface area contributed by atoms with E-state index in [0.717, 1.165) is 6.42 Å². The Morgan fingerprint density at radius 1 is 1.07 bits per heavy atom. The number of carbonyl (C=O) groups excluding carboxylic acids is 2. The molecule has 0 aliphatic carbocycles. The molecule has 6 heteroatoms. The van der Waals surface area contributed by atoms with Gasteiger partial charge in [-0.25, -0.2) is 0 Å². The van der Waals surface area contributed by atoms with Crippen molar-refractivity contribution in [2.75, 3.05) is 32.2 Å². The Balaban J connectivity index is 2.03. The van der Waals surface area contributed by atoms with Crippen LogP contribution in [0.1, 0.15) is 27.1 Å². The number of rotatable bonds is 10. The molecule has 6 nitrogen and oxygen atoms in total. The summed E-state index contributed by atoms with van der Waals surface area (Å²) in [5, 5.41) is 5.61. The van der Waals surface area contributed by atoms with Crippen molar-refractivity contribution in [2.24, 2.45) is 0 Å². The van der Waals surface area contributed by atoms with Gasteiger partial charge in [-0.05, 0) is 42.8 Å². The summed E-state index contributed by atoms with van der Waals surface area (Å²) < 4.78 is 10.4. The molecule has 2 aromatic carbocycles. The standard InChI is InChI=1S/C21H24N2O4/c1-3-14-27-17-11-9-16(10-12-17)20(24)23-19-8-5-4-7-18(19)21(25)22-13-6-15-26-2/h3-5,7-12H,1,6,13-15H2,2H3,(H,22,25)(H,23,24). The van der Waals surface area contributed by atoms with Gasteiger partial charge in [0.25, 0.3) is 11.8 Å². The first-order chi connectivity index (χ1) is 13.2.